The number of aromatic nitrogens is 2. The highest BCUT2D eigenvalue weighted by molar-refractivity contribution is 5.64. The van der Waals surface area contributed by atoms with Crippen LogP contribution in [0.2, 0.25) is 0 Å². The molecule has 1 saturated heterocycles. The fourth-order valence-electron chi connectivity index (χ4n) is 2.21. The standard InChI is InChI=1S/C12H15F3N4O2/c13-12(14,15)9-1-3-16-11(17-9)19-7-5-18(6-8-19)4-2-10(20)21/h1,3H,2,4-8H2,(H,20,21). The molecule has 2 rings (SSSR count). The minimum atomic E-state index is -4.49. The molecule has 0 radical (unpaired) electrons. The molecule has 1 aromatic rings. The van der Waals surface area contributed by atoms with Gasteiger partial charge in [-0.15, -0.1) is 0 Å². The maximum absolute atomic E-state index is 12.6. The van der Waals surface area contributed by atoms with Crippen molar-refractivity contribution in [2.75, 3.05) is 37.6 Å². The summed E-state index contributed by atoms with van der Waals surface area (Å²) >= 11 is 0. The van der Waals surface area contributed by atoms with Crippen LogP contribution in [0, 0.1) is 0 Å². The van der Waals surface area contributed by atoms with Crippen LogP contribution in [0.25, 0.3) is 0 Å². The van der Waals surface area contributed by atoms with Crippen LogP contribution in [-0.2, 0) is 11.0 Å². The minimum absolute atomic E-state index is 0.0185. The number of rotatable bonds is 4. The summed E-state index contributed by atoms with van der Waals surface area (Å²) in [7, 11) is 0. The number of carboxylic acid groups (broad SMARTS) is 1. The Labute approximate surface area is 119 Å². The topological polar surface area (TPSA) is 73.6 Å². The summed E-state index contributed by atoms with van der Waals surface area (Å²) in [5.74, 6) is -1.03. The number of nitrogens with one attached hydrogen (secondary N) is 1. The number of hydrogen-bond acceptors (Lipinski definition) is 5. The molecule has 2 heterocycles. The van der Waals surface area contributed by atoms with Crippen LogP contribution < -0.4 is 14.9 Å². The highest BCUT2D eigenvalue weighted by Crippen LogP contribution is 2.28. The third-order valence-corrected chi connectivity index (χ3v) is 3.37. The van der Waals surface area contributed by atoms with E-state index in [9.17, 15) is 23.1 Å². The lowest BCUT2D eigenvalue weighted by atomic mass is 10.3. The molecule has 0 aliphatic carbocycles. The van der Waals surface area contributed by atoms with Gasteiger partial charge >= 0.3 is 6.18 Å². The van der Waals surface area contributed by atoms with Crippen LogP contribution in [0.5, 0.6) is 0 Å². The highest BCUT2D eigenvalue weighted by atomic mass is 19.4. The van der Waals surface area contributed by atoms with Gasteiger partial charge in [-0.25, -0.2) is 9.97 Å². The van der Waals surface area contributed by atoms with Gasteiger partial charge in [-0.1, -0.05) is 0 Å². The van der Waals surface area contributed by atoms with Crippen LogP contribution in [0.3, 0.4) is 0 Å². The molecule has 0 aromatic carbocycles. The number of carboxylic acids is 1. The van der Waals surface area contributed by atoms with E-state index in [0.717, 1.165) is 17.2 Å². The molecule has 0 bridgehead atoms. The normalized spacial score (nSPS) is 17.0. The van der Waals surface area contributed by atoms with E-state index < -0.39 is 17.8 Å². The molecule has 0 atom stereocenters. The van der Waals surface area contributed by atoms with E-state index in [1.54, 1.807) is 4.90 Å². The first-order valence-corrected chi connectivity index (χ1v) is 6.55. The summed E-state index contributed by atoms with van der Waals surface area (Å²) in [5.41, 5.74) is -0.959. The van der Waals surface area contributed by atoms with Gasteiger partial charge in [0, 0.05) is 18.6 Å². The summed E-state index contributed by atoms with van der Waals surface area (Å²) in [6.07, 6.45) is -3.41. The summed E-state index contributed by atoms with van der Waals surface area (Å²) in [5, 5.41) is 10.4. The predicted octanol–water partition coefficient (Wildman–Crippen LogP) is -1.66. The smallest absolute Gasteiger partial charge is 0.433 e. The molecule has 1 aromatic heterocycles. The highest BCUT2D eigenvalue weighted by Gasteiger charge is 2.33. The largest absolute Gasteiger partial charge is 0.550 e. The zero-order chi connectivity index (χ0) is 15.5. The molecule has 116 valence electrons. The molecule has 9 heteroatoms. The van der Waals surface area contributed by atoms with Gasteiger partial charge in [-0.3, -0.25) is 0 Å². The van der Waals surface area contributed by atoms with Gasteiger partial charge in [0.2, 0.25) is 5.95 Å². The number of carbonyl (C=O) groups is 1. The summed E-state index contributed by atoms with van der Waals surface area (Å²) in [4.78, 5) is 20.6. The Bertz CT molecular complexity index is 502. The zero-order valence-electron chi connectivity index (χ0n) is 11.2. The molecule has 1 aliphatic heterocycles. The lowest BCUT2D eigenvalue weighted by Crippen LogP contribution is -3.15. The Hall–Kier alpha value is -1.90. The third kappa shape index (κ3) is 4.28. The summed E-state index contributed by atoms with van der Waals surface area (Å²) < 4.78 is 37.8. The first kappa shape index (κ1) is 15.5. The van der Waals surface area contributed by atoms with Crippen LogP contribution >= 0.6 is 0 Å². The molecular formula is C12H15F3N4O2. The lowest BCUT2D eigenvalue weighted by molar-refractivity contribution is -0.900. The molecule has 0 saturated carbocycles. The number of carbonyl (C=O) groups excluding carboxylic acids is 1. The maximum Gasteiger partial charge on any atom is 0.433 e. The van der Waals surface area contributed by atoms with Gasteiger partial charge in [0.15, 0.2) is 0 Å². The maximum atomic E-state index is 12.6. The van der Waals surface area contributed by atoms with Crippen molar-refractivity contribution in [3.8, 4) is 0 Å². The molecule has 1 N–H and O–H groups in total. The number of hydrogen-bond donors (Lipinski definition) is 1. The summed E-state index contributed by atoms with van der Waals surface area (Å²) in [6.45, 7) is 2.70. The van der Waals surface area contributed by atoms with Crippen molar-refractivity contribution in [3.63, 3.8) is 0 Å². The van der Waals surface area contributed by atoms with Gasteiger partial charge < -0.3 is 19.7 Å². The van der Waals surface area contributed by atoms with Crippen LogP contribution in [-0.4, -0.2) is 48.7 Å². The molecule has 0 unspecified atom stereocenters. The zero-order valence-corrected chi connectivity index (χ0v) is 11.2. The first-order chi connectivity index (χ1) is 9.86. The van der Waals surface area contributed by atoms with E-state index in [-0.39, 0.29) is 12.4 Å². The fraction of sp³-hybridized carbons (Fsp3) is 0.583. The Kier molecular flexibility index (Phi) is 4.61. The second kappa shape index (κ2) is 6.25. The number of piperazine rings is 1. The lowest BCUT2D eigenvalue weighted by Gasteiger charge is -2.32. The van der Waals surface area contributed by atoms with Crippen molar-refractivity contribution in [1.29, 1.82) is 0 Å². The molecule has 0 spiro atoms. The van der Waals surface area contributed by atoms with Gasteiger partial charge in [0.1, 0.15) is 5.69 Å². The molecule has 6 nitrogen and oxygen atoms in total. The molecular weight excluding hydrogens is 289 g/mol. The van der Waals surface area contributed by atoms with Crippen molar-refractivity contribution >= 4 is 11.9 Å². The Balaban J connectivity index is 1.95. The van der Waals surface area contributed by atoms with E-state index in [0.29, 0.717) is 32.7 Å². The third-order valence-electron chi connectivity index (χ3n) is 3.37. The summed E-state index contributed by atoms with van der Waals surface area (Å²) in [6, 6.07) is 0.838. The Morgan fingerprint density at radius 1 is 1.38 bits per heavy atom. The van der Waals surface area contributed by atoms with Crippen molar-refractivity contribution < 1.29 is 28.0 Å². The Morgan fingerprint density at radius 2 is 2.05 bits per heavy atom. The average Bonchev–Trinajstić information content (AvgIpc) is 2.45. The van der Waals surface area contributed by atoms with E-state index in [1.165, 1.54) is 0 Å². The van der Waals surface area contributed by atoms with Crippen LogP contribution in [0.15, 0.2) is 12.3 Å². The SMILES string of the molecule is O=C([O-])CC[NH+]1CCN(c2nccc(C(F)(F)F)n2)CC1. The Morgan fingerprint density at radius 3 is 2.62 bits per heavy atom. The monoisotopic (exact) mass is 304 g/mol. The van der Waals surface area contributed by atoms with Crippen LogP contribution in [0.1, 0.15) is 12.1 Å². The van der Waals surface area contributed by atoms with Gasteiger partial charge in [-0.05, 0) is 6.07 Å². The average molecular weight is 304 g/mol. The number of alkyl halides is 3. The van der Waals surface area contributed by atoms with Gasteiger partial charge in [0.05, 0.1) is 32.7 Å². The number of halogens is 3. The second-order valence-corrected chi connectivity index (χ2v) is 4.85. The number of aliphatic carboxylic acids is 1. The fourth-order valence-corrected chi connectivity index (χ4v) is 2.21. The minimum Gasteiger partial charge on any atom is -0.550 e. The van der Waals surface area contributed by atoms with E-state index >= 15 is 0 Å². The van der Waals surface area contributed by atoms with Gasteiger partial charge in [-0.2, -0.15) is 13.2 Å². The van der Waals surface area contributed by atoms with E-state index in [2.05, 4.69) is 9.97 Å². The van der Waals surface area contributed by atoms with Gasteiger partial charge in [0.25, 0.3) is 0 Å². The number of anilines is 1. The van der Waals surface area contributed by atoms with Crippen LogP contribution in [0.4, 0.5) is 19.1 Å². The molecule has 1 fully saturated rings. The molecule has 0 amide bonds. The molecule has 21 heavy (non-hydrogen) atoms. The second-order valence-electron chi connectivity index (χ2n) is 4.85. The van der Waals surface area contributed by atoms with E-state index in [4.69, 9.17) is 0 Å². The number of nitrogens with zero attached hydrogens (tertiary/aromatic N) is 3. The van der Waals surface area contributed by atoms with Crippen molar-refractivity contribution in [1.82, 2.24) is 9.97 Å². The number of quaternary nitrogens is 1. The van der Waals surface area contributed by atoms with Crippen molar-refractivity contribution in [2.24, 2.45) is 0 Å². The van der Waals surface area contributed by atoms with Crippen molar-refractivity contribution in [2.45, 2.75) is 12.6 Å². The van der Waals surface area contributed by atoms with E-state index in [1.807, 2.05) is 0 Å². The predicted molar refractivity (Wildman–Crippen MR) is 64.4 cm³/mol. The van der Waals surface area contributed by atoms with Crippen molar-refractivity contribution in [3.05, 3.63) is 18.0 Å². The molecule has 1 aliphatic rings. The first-order valence-electron chi connectivity index (χ1n) is 6.55. The quantitative estimate of drug-likeness (QED) is 0.721.